The minimum Gasteiger partial charge on any atom is -0.399 e. The molecular weight excluding hydrogens is 202 g/mol. The Bertz CT molecular complexity index is 519. The van der Waals surface area contributed by atoms with E-state index in [-0.39, 0.29) is 11.4 Å². The normalized spacial score (nSPS) is 17.6. The third-order valence-electron chi connectivity index (χ3n) is 2.02. The van der Waals surface area contributed by atoms with Gasteiger partial charge in [0.25, 0.3) is 10.0 Å². The number of nitrogens with zero attached hydrogens (tertiary/aromatic N) is 1. The molecule has 0 saturated heterocycles. The van der Waals surface area contributed by atoms with Crippen molar-refractivity contribution in [2.75, 3.05) is 12.3 Å². The van der Waals surface area contributed by atoms with E-state index in [0.717, 1.165) is 0 Å². The van der Waals surface area contributed by atoms with Crippen LogP contribution in [-0.4, -0.2) is 20.7 Å². The molecule has 0 unspecified atom stereocenters. The lowest BCUT2D eigenvalue weighted by Crippen LogP contribution is -2.13. The Morgan fingerprint density at radius 3 is 2.71 bits per heavy atom. The van der Waals surface area contributed by atoms with E-state index in [9.17, 15) is 8.42 Å². The number of anilines is 1. The molecule has 0 bridgehead atoms. The predicted octanol–water partition coefficient (Wildman–Crippen LogP) is -0.281. The van der Waals surface area contributed by atoms with Crippen molar-refractivity contribution in [1.82, 2.24) is 0 Å². The molecule has 74 valence electrons. The molecule has 5 nitrogen and oxygen atoms in total. The van der Waals surface area contributed by atoms with Gasteiger partial charge in [0.15, 0.2) is 0 Å². The maximum atomic E-state index is 11.4. The fraction of sp³-hybridized carbons (Fsp3) is 0.125. The van der Waals surface area contributed by atoms with Crippen molar-refractivity contribution in [2.24, 2.45) is 10.1 Å². The molecule has 0 amide bonds. The number of hydrogen-bond donors (Lipinski definition) is 2. The van der Waals surface area contributed by atoms with Gasteiger partial charge in [-0.25, -0.2) is 0 Å². The molecule has 4 N–H and O–H groups in total. The lowest BCUT2D eigenvalue weighted by Gasteiger charge is -2.00. The Hall–Kier alpha value is -1.40. The molecule has 1 aliphatic rings. The highest BCUT2D eigenvalue weighted by atomic mass is 32.2. The molecule has 1 aromatic carbocycles. The highest BCUT2D eigenvalue weighted by molar-refractivity contribution is 7.90. The number of hydrogen-bond acceptors (Lipinski definition) is 4. The quantitative estimate of drug-likeness (QED) is 0.624. The standard InChI is InChI=1S/C8H9N3O2S/c9-4-7-6-3-5(10)1-2-8(6)14(12,13)11-7/h1-3H,4,9-10H2. The van der Waals surface area contributed by atoms with Crippen molar-refractivity contribution >= 4 is 21.4 Å². The Kier molecular flexibility index (Phi) is 1.83. The van der Waals surface area contributed by atoms with Gasteiger partial charge in [-0.2, -0.15) is 12.8 Å². The van der Waals surface area contributed by atoms with Crippen LogP contribution in [0.25, 0.3) is 0 Å². The molecule has 0 aliphatic carbocycles. The van der Waals surface area contributed by atoms with E-state index < -0.39 is 10.0 Å². The first-order chi connectivity index (χ1) is 6.54. The maximum Gasteiger partial charge on any atom is 0.283 e. The zero-order chi connectivity index (χ0) is 10.3. The second kappa shape index (κ2) is 2.79. The molecule has 1 heterocycles. The second-order valence-corrected chi connectivity index (χ2v) is 4.55. The molecule has 1 aliphatic heterocycles. The topological polar surface area (TPSA) is 98.5 Å². The van der Waals surface area contributed by atoms with Gasteiger partial charge in [-0.1, -0.05) is 0 Å². The van der Waals surface area contributed by atoms with Crippen LogP contribution >= 0.6 is 0 Å². The van der Waals surface area contributed by atoms with Crippen molar-refractivity contribution in [3.63, 3.8) is 0 Å². The summed E-state index contributed by atoms with van der Waals surface area (Å²) in [6.07, 6.45) is 0. The van der Waals surface area contributed by atoms with Crippen LogP contribution < -0.4 is 11.5 Å². The van der Waals surface area contributed by atoms with Crippen LogP contribution in [0.1, 0.15) is 5.56 Å². The fourth-order valence-corrected chi connectivity index (χ4v) is 2.64. The number of nitrogen functional groups attached to an aromatic ring is 1. The van der Waals surface area contributed by atoms with E-state index in [4.69, 9.17) is 11.5 Å². The summed E-state index contributed by atoms with van der Waals surface area (Å²) in [6, 6.07) is 4.56. The lowest BCUT2D eigenvalue weighted by atomic mass is 10.1. The van der Waals surface area contributed by atoms with E-state index >= 15 is 0 Å². The van der Waals surface area contributed by atoms with Crippen LogP contribution in [0.3, 0.4) is 0 Å². The van der Waals surface area contributed by atoms with Gasteiger partial charge in [0.2, 0.25) is 0 Å². The third kappa shape index (κ3) is 1.19. The monoisotopic (exact) mass is 211 g/mol. The molecule has 0 atom stereocenters. The Balaban J connectivity index is 2.75. The van der Waals surface area contributed by atoms with Gasteiger partial charge in [-0.3, -0.25) is 0 Å². The summed E-state index contributed by atoms with van der Waals surface area (Å²) in [4.78, 5) is 0.187. The zero-order valence-corrected chi connectivity index (χ0v) is 8.08. The highest BCUT2D eigenvalue weighted by Gasteiger charge is 2.27. The van der Waals surface area contributed by atoms with Crippen molar-refractivity contribution in [1.29, 1.82) is 0 Å². The first-order valence-electron chi connectivity index (χ1n) is 3.98. The average Bonchev–Trinajstić information content (AvgIpc) is 2.37. The molecule has 1 aromatic rings. The number of sulfonamides is 1. The number of rotatable bonds is 1. The molecular formula is C8H9N3O2S. The van der Waals surface area contributed by atoms with Gasteiger partial charge in [0, 0.05) is 17.8 Å². The van der Waals surface area contributed by atoms with Gasteiger partial charge in [-0.15, -0.1) is 0 Å². The molecule has 2 rings (SSSR count). The number of fused-ring (bicyclic) bond motifs is 1. The molecule has 0 aromatic heterocycles. The molecule has 0 saturated carbocycles. The third-order valence-corrected chi connectivity index (χ3v) is 3.39. The van der Waals surface area contributed by atoms with E-state index in [2.05, 4.69) is 4.40 Å². The van der Waals surface area contributed by atoms with Crippen molar-refractivity contribution in [2.45, 2.75) is 4.90 Å². The van der Waals surface area contributed by atoms with E-state index in [1.165, 1.54) is 12.1 Å². The lowest BCUT2D eigenvalue weighted by molar-refractivity contribution is 0.599. The largest absolute Gasteiger partial charge is 0.399 e. The molecule has 0 radical (unpaired) electrons. The molecule has 14 heavy (non-hydrogen) atoms. The molecule has 6 heteroatoms. The van der Waals surface area contributed by atoms with Gasteiger partial charge < -0.3 is 11.5 Å². The number of benzene rings is 1. The summed E-state index contributed by atoms with van der Waals surface area (Å²) in [5, 5.41) is 0. The summed E-state index contributed by atoms with van der Waals surface area (Å²) < 4.78 is 26.5. The summed E-state index contributed by atoms with van der Waals surface area (Å²) in [5.74, 6) is 0. The van der Waals surface area contributed by atoms with Crippen LogP contribution in [0.15, 0.2) is 27.5 Å². The molecule has 0 fully saturated rings. The second-order valence-electron chi connectivity index (χ2n) is 2.97. The summed E-state index contributed by atoms with van der Waals surface area (Å²) in [6.45, 7) is 0.0929. The first-order valence-corrected chi connectivity index (χ1v) is 5.42. The van der Waals surface area contributed by atoms with Gasteiger partial charge >= 0.3 is 0 Å². The van der Waals surface area contributed by atoms with E-state index in [1.807, 2.05) is 0 Å². The maximum absolute atomic E-state index is 11.4. The van der Waals surface area contributed by atoms with Crippen molar-refractivity contribution in [3.8, 4) is 0 Å². The SMILES string of the molecule is NCC1=NS(=O)(=O)c2ccc(N)cc21. The van der Waals surface area contributed by atoms with Crippen LogP contribution in [0.4, 0.5) is 5.69 Å². The predicted molar refractivity (Wildman–Crippen MR) is 53.6 cm³/mol. The average molecular weight is 211 g/mol. The highest BCUT2D eigenvalue weighted by Crippen LogP contribution is 2.27. The van der Waals surface area contributed by atoms with Crippen molar-refractivity contribution in [3.05, 3.63) is 23.8 Å². The first kappa shape index (κ1) is 9.17. The van der Waals surface area contributed by atoms with Gasteiger partial charge in [0.1, 0.15) is 0 Å². The Morgan fingerprint density at radius 1 is 1.36 bits per heavy atom. The van der Waals surface area contributed by atoms with Crippen LogP contribution in [-0.2, 0) is 10.0 Å². The summed E-state index contributed by atoms with van der Waals surface area (Å²) >= 11 is 0. The van der Waals surface area contributed by atoms with Crippen LogP contribution in [0.5, 0.6) is 0 Å². The minimum atomic E-state index is -3.53. The molecule has 0 spiro atoms. The van der Waals surface area contributed by atoms with Gasteiger partial charge in [0.05, 0.1) is 10.6 Å². The van der Waals surface area contributed by atoms with E-state index in [1.54, 1.807) is 6.07 Å². The Labute approximate surface area is 81.5 Å². The summed E-state index contributed by atoms with van der Waals surface area (Å²) in [7, 11) is -3.53. The Morgan fingerprint density at radius 2 is 2.07 bits per heavy atom. The van der Waals surface area contributed by atoms with Gasteiger partial charge in [-0.05, 0) is 18.2 Å². The summed E-state index contributed by atoms with van der Waals surface area (Å²) in [5.41, 5.74) is 12.3. The fourth-order valence-electron chi connectivity index (χ4n) is 1.39. The zero-order valence-electron chi connectivity index (χ0n) is 7.27. The smallest absolute Gasteiger partial charge is 0.283 e. The minimum absolute atomic E-state index is 0.0929. The van der Waals surface area contributed by atoms with Crippen LogP contribution in [0, 0.1) is 0 Å². The van der Waals surface area contributed by atoms with Crippen LogP contribution in [0.2, 0.25) is 0 Å². The van der Waals surface area contributed by atoms with E-state index in [0.29, 0.717) is 17.0 Å². The number of nitrogens with two attached hydrogens (primary N) is 2. The van der Waals surface area contributed by atoms with Crippen molar-refractivity contribution < 1.29 is 8.42 Å².